The lowest BCUT2D eigenvalue weighted by Gasteiger charge is -2.33. The standard InChI is InChI=1S/C10H15FS/c1-6-8-2-7-3-9(12,5-8)10(6,11)4-7/h6-8,12H,2-5H2,1H3. The number of hydrogen-bond donors (Lipinski definition) is 1. The van der Waals surface area contributed by atoms with E-state index in [-0.39, 0.29) is 10.7 Å². The van der Waals surface area contributed by atoms with Gasteiger partial charge in [0.2, 0.25) is 0 Å². The van der Waals surface area contributed by atoms with Crippen LogP contribution in [-0.4, -0.2) is 10.4 Å². The van der Waals surface area contributed by atoms with Gasteiger partial charge in [0.25, 0.3) is 0 Å². The second kappa shape index (κ2) is 1.87. The van der Waals surface area contributed by atoms with E-state index in [0.717, 1.165) is 19.3 Å². The molecule has 4 saturated carbocycles. The summed E-state index contributed by atoms with van der Waals surface area (Å²) in [6.07, 6.45) is 4.14. The molecule has 0 aliphatic heterocycles. The fourth-order valence-electron chi connectivity index (χ4n) is 4.06. The summed E-state index contributed by atoms with van der Waals surface area (Å²) in [4.78, 5) is 0. The van der Waals surface area contributed by atoms with Crippen LogP contribution < -0.4 is 0 Å². The smallest absolute Gasteiger partial charge is 0.128 e. The van der Waals surface area contributed by atoms with E-state index in [1.54, 1.807) is 0 Å². The minimum Gasteiger partial charge on any atom is -0.242 e. The zero-order valence-corrected chi connectivity index (χ0v) is 8.28. The Morgan fingerprint density at radius 1 is 1.33 bits per heavy atom. The van der Waals surface area contributed by atoms with Gasteiger partial charge in [-0.15, -0.1) is 0 Å². The highest BCUT2D eigenvalue weighted by molar-refractivity contribution is 7.82. The Bertz CT molecular complexity index is 242. The molecule has 12 heavy (non-hydrogen) atoms. The summed E-state index contributed by atoms with van der Waals surface area (Å²) in [7, 11) is 0. The summed E-state index contributed by atoms with van der Waals surface area (Å²) >= 11 is 4.60. The average molecular weight is 186 g/mol. The van der Waals surface area contributed by atoms with Crippen molar-refractivity contribution in [3.05, 3.63) is 0 Å². The molecule has 5 atom stereocenters. The number of rotatable bonds is 0. The highest BCUT2D eigenvalue weighted by atomic mass is 32.1. The van der Waals surface area contributed by atoms with Crippen molar-refractivity contribution in [3.8, 4) is 0 Å². The first-order valence-corrected chi connectivity index (χ1v) is 5.41. The number of alkyl halides is 1. The average Bonchev–Trinajstić information content (AvgIpc) is 2.22. The lowest BCUT2D eigenvalue weighted by atomic mass is 9.75. The van der Waals surface area contributed by atoms with Gasteiger partial charge in [-0.05, 0) is 43.4 Å². The fraction of sp³-hybridized carbons (Fsp3) is 1.00. The van der Waals surface area contributed by atoms with E-state index in [4.69, 9.17) is 0 Å². The molecule has 4 aliphatic carbocycles. The third kappa shape index (κ3) is 0.604. The zero-order chi connectivity index (χ0) is 8.56. The van der Waals surface area contributed by atoms with Crippen molar-refractivity contribution in [2.75, 3.05) is 0 Å². The number of halogens is 1. The van der Waals surface area contributed by atoms with Gasteiger partial charge in [0.15, 0.2) is 0 Å². The molecule has 0 radical (unpaired) electrons. The largest absolute Gasteiger partial charge is 0.242 e. The molecule has 5 unspecified atom stereocenters. The Labute approximate surface area is 78.3 Å². The highest BCUT2D eigenvalue weighted by Gasteiger charge is 2.69. The number of thiol groups is 1. The van der Waals surface area contributed by atoms with Gasteiger partial charge in [0, 0.05) is 4.75 Å². The normalized spacial score (nSPS) is 67.8. The third-order valence-corrected chi connectivity index (χ3v) is 5.39. The molecule has 0 heterocycles. The molecule has 4 fully saturated rings. The summed E-state index contributed by atoms with van der Waals surface area (Å²) < 4.78 is 14.2. The van der Waals surface area contributed by atoms with E-state index >= 15 is 0 Å². The molecule has 0 nitrogen and oxygen atoms in total. The van der Waals surface area contributed by atoms with Crippen LogP contribution in [0, 0.1) is 17.8 Å². The molecule has 0 aromatic heterocycles. The predicted octanol–water partition coefficient (Wildman–Crippen LogP) is 2.83. The molecule has 2 heteroatoms. The highest BCUT2D eigenvalue weighted by Crippen LogP contribution is 2.69. The minimum absolute atomic E-state index is 0.236. The quantitative estimate of drug-likeness (QED) is 0.553. The monoisotopic (exact) mass is 186 g/mol. The molecule has 68 valence electrons. The summed E-state index contributed by atoms with van der Waals surface area (Å²) in [6, 6.07) is 0. The van der Waals surface area contributed by atoms with Crippen LogP contribution in [-0.2, 0) is 0 Å². The van der Waals surface area contributed by atoms with Crippen LogP contribution in [0.25, 0.3) is 0 Å². The maximum Gasteiger partial charge on any atom is 0.128 e. The first-order valence-electron chi connectivity index (χ1n) is 4.96. The molecule has 0 saturated heterocycles. The van der Waals surface area contributed by atoms with Crippen LogP contribution in [0.1, 0.15) is 32.6 Å². The summed E-state index contributed by atoms with van der Waals surface area (Å²) in [5.74, 6) is 1.57. The van der Waals surface area contributed by atoms with E-state index in [9.17, 15) is 4.39 Å². The van der Waals surface area contributed by atoms with Gasteiger partial charge in [0.05, 0.1) is 0 Å². The first-order chi connectivity index (χ1) is 5.55. The molecule has 0 aromatic carbocycles. The molecular formula is C10H15FS. The molecule has 4 bridgehead atoms. The van der Waals surface area contributed by atoms with E-state index in [1.807, 2.05) is 0 Å². The summed E-state index contributed by atoms with van der Waals surface area (Å²) in [5.41, 5.74) is -0.913. The van der Waals surface area contributed by atoms with Gasteiger partial charge in [-0.25, -0.2) is 4.39 Å². The Kier molecular flexibility index (Phi) is 1.19. The van der Waals surface area contributed by atoms with Crippen molar-refractivity contribution in [2.24, 2.45) is 17.8 Å². The van der Waals surface area contributed by atoms with Crippen molar-refractivity contribution in [2.45, 2.75) is 43.0 Å². The van der Waals surface area contributed by atoms with Crippen molar-refractivity contribution >= 4 is 12.6 Å². The molecule has 0 N–H and O–H groups in total. The van der Waals surface area contributed by atoms with Crippen molar-refractivity contribution in [1.82, 2.24) is 0 Å². The molecule has 4 rings (SSSR count). The van der Waals surface area contributed by atoms with Crippen LogP contribution in [0.4, 0.5) is 4.39 Å². The Morgan fingerprint density at radius 2 is 2.08 bits per heavy atom. The van der Waals surface area contributed by atoms with Crippen molar-refractivity contribution < 1.29 is 4.39 Å². The van der Waals surface area contributed by atoms with E-state index in [2.05, 4.69) is 19.6 Å². The van der Waals surface area contributed by atoms with E-state index in [1.165, 1.54) is 6.42 Å². The van der Waals surface area contributed by atoms with Gasteiger partial charge in [-0.1, -0.05) is 6.92 Å². The molecular weight excluding hydrogens is 171 g/mol. The molecule has 4 aliphatic rings. The molecule has 0 amide bonds. The molecule has 0 aromatic rings. The lowest BCUT2D eigenvalue weighted by Crippen LogP contribution is -2.40. The Morgan fingerprint density at radius 3 is 2.67 bits per heavy atom. The fourth-order valence-corrected chi connectivity index (χ4v) is 4.85. The van der Waals surface area contributed by atoms with Gasteiger partial charge in [-0.3, -0.25) is 0 Å². The second-order valence-corrected chi connectivity index (χ2v) is 6.01. The summed E-state index contributed by atoms with van der Waals surface area (Å²) in [5, 5.41) is 0. The topological polar surface area (TPSA) is 0 Å². The van der Waals surface area contributed by atoms with Crippen molar-refractivity contribution in [1.29, 1.82) is 0 Å². The lowest BCUT2D eigenvalue weighted by molar-refractivity contribution is 0.0641. The van der Waals surface area contributed by atoms with Crippen LogP contribution >= 0.6 is 12.6 Å². The zero-order valence-electron chi connectivity index (χ0n) is 7.39. The first kappa shape index (κ1) is 7.66. The summed E-state index contributed by atoms with van der Waals surface area (Å²) in [6.45, 7) is 2.09. The molecule has 0 spiro atoms. The SMILES string of the molecule is CC1C2CC3CC(S)(C2)C1(F)C3. The van der Waals surface area contributed by atoms with E-state index < -0.39 is 5.67 Å². The van der Waals surface area contributed by atoms with Crippen LogP contribution in [0.15, 0.2) is 0 Å². The van der Waals surface area contributed by atoms with Crippen LogP contribution in [0.5, 0.6) is 0 Å². The maximum absolute atomic E-state index is 14.5. The third-order valence-electron chi connectivity index (χ3n) is 4.65. The minimum atomic E-state index is -0.913. The Balaban J connectivity index is 2.12. The van der Waals surface area contributed by atoms with Gasteiger partial charge in [-0.2, -0.15) is 12.6 Å². The van der Waals surface area contributed by atoms with Crippen LogP contribution in [0.3, 0.4) is 0 Å². The second-order valence-electron chi connectivity index (χ2n) is 5.16. The Hall–Kier alpha value is 0.280. The van der Waals surface area contributed by atoms with Gasteiger partial charge in [0.1, 0.15) is 5.67 Å². The number of hydrogen-bond acceptors (Lipinski definition) is 1. The van der Waals surface area contributed by atoms with E-state index in [0.29, 0.717) is 11.8 Å². The maximum atomic E-state index is 14.5. The van der Waals surface area contributed by atoms with Crippen molar-refractivity contribution in [3.63, 3.8) is 0 Å². The van der Waals surface area contributed by atoms with Gasteiger partial charge >= 0.3 is 0 Å². The van der Waals surface area contributed by atoms with Gasteiger partial charge < -0.3 is 0 Å². The van der Waals surface area contributed by atoms with Crippen LogP contribution in [0.2, 0.25) is 0 Å². The predicted molar refractivity (Wildman–Crippen MR) is 50.2 cm³/mol.